The molecule has 0 amide bonds. The Kier molecular flexibility index (Phi) is 14.0. The van der Waals surface area contributed by atoms with Crippen molar-refractivity contribution in [3.63, 3.8) is 0 Å². The van der Waals surface area contributed by atoms with E-state index in [1.54, 1.807) is 0 Å². The molecule has 0 nitrogen and oxygen atoms in total. The normalized spacial score (nSPS) is 23.6. The fourth-order valence-electron chi connectivity index (χ4n) is 4.79. The summed E-state index contributed by atoms with van der Waals surface area (Å²) in [6.45, 7) is 6.95. The van der Waals surface area contributed by atoms with Gasteiger partial charge >= 0.3 is 0 Å². The van der Waals surface area contributed by atoms with Crippen molar-refractivity contribution in [1.82, 2.24) is 0 Å². The molecule has 0 aromatic carbocycles. The van der Waals surface area contributed by atoms with Crippen LogP contribution in [-0.2, 0) is 0 Å². The van der Waals surface area contributed by atoms with Crippen LogP contribution in [-0.4, -0.2) is 0 Å². The van der Waals surface area contributed by atoms with E-state index in [4.69, 9.17) is 0 Å². The van der Waals surface area contributed by atoms with E-state index in [0.29, 0.717) is 0 Å². The Morgan fingerprint density at radius 3 is 0.708 bits per heavy atom. The van der Waals surface area contributed by atoms with Crippen LogP contribution in [0.1, 0.15) is 136 Å². The molecule has 0 spiro atoms. The molecule has 0 aromatic rings. The highest BCUT2D eigenvalue weighted by molar-refractivity contribution is 4.64. The maximum Gasteiger partial charge on any atom is -0.0417 e. The zero-order valence-electron chi connectivity index (χ0n) is 17.5. The van der Waals surface area contributed by atoms with Crippen LogP contribution in [0, 0.1) is 17.8 Å². The Morgan fingerprint density at radius 1 is 0.375 bits per heavy atom. The molecule has 0 bridgehead atoms. The molecule has 144 valence electrons. The van der Waals surface area contributed by atoms with Gasteiger partial charge in [-0.25, -0.2) is 0 Å². The molecule has 3 saturated carbocycles. The van der Waals surface area contributed by atoms with Crippen LogP contribution in [0.5, 0.6) is 0 Å². The van der Waals surface area contributed by atoms with Crippen molar-refractivity contribution in [2.75, 3.05) is 0 Å². The van der Waals surface area contributed by atoms with Crippen LogP contribution in [0.2, 0.25) is 0 Å². The SMILES string of the molecule is CCC1CCCCC1.CCC1CCCCC1.CCC1CCCCC1. The summed E-state index contributed by atoms with van der Waals surface area (Å²) in [6, 6.07) is 0. The third-order valence-corrected chi connectivity index (χ3v) is 6.91. The molecule has 3 rings (SSSR count). The minimum absolute atomic E-state index is 1.09. The van der Waals surface area contributed by atoms with Crippen LogP contribution in [0.3, 0.4) is 0 Å². The number of rotatable bonds is 3. The molecule has 0 heteroatoms. The highest BCUT2D eigenvalue weighted by Crippen LogP contribution is 2.26. The Hall–Kier alpha value is 0. The van der Waals surface area contributed by atoms with E-state index in [0.717, 1.165) is 17.8 Å². The van der Waals surface area contributed by atoms with Gasteiger partial charge in [-0.1, -0.05) is 136 Å². The molecule has 3 aliphatic rings. The van der Waals surface area contributed by atoms with Crippen molar-refractivity contribution in [2.45, 2.75) is 136 Å². The summed E-state index contributed by atoms with van der Waals surface area (Å²) in [4.78, 5) is 0. The van der Waals surface area contributed by atoms with Gasteiger partial charge in [0.25, 0.3) is 0 Å². The van der Waals surface area contributed by atoms with Crippen molar-refractivity contribution in [3.05, 3.63) is 0 Å². The average molecular weight is 337 g/mol. The second kappa shape index (κ2) is 15.3. The Bertz CT molecular complexity index is 196. The Morgan fingerprint density at radius 2 is 0.583 bits per heavy atom. The summed E-state index contributed by atoms with van der Waals surface area (Å²) < 4.78 is 0. The fourth-order valence-corrected chi connectivity index (χ4v) is 4.79. The summed E-state index contributed by atoms with van der Waals surface area (Å²) in [5.41, 5.74) is 0. The van der Waals surface area contributed by atoms with E-state index in [1.807, 2.05) is 0 Å². The van der Waals surface area contributed by atoms with E-state index in [9.17, 15) is 0 Å². The predicted molar refractivity (Wildman–Crippen MR) is 111 cm³/mol. The maximum atomic E-state index is 2.32. The van der Waals surface area contributed by atoms with Gasteiger partial charge in [-0.15, -0.1) is 0 Å². The van der Waals surface area contributed by atoms with Gasteiger partial charge in [0, 0.05) is 0 Å². The van der Waals surface area contributed by atoms with E-state index >= 15 is 0 Å². The molecule has 0 unspecified atom stereocenters. The standard InChI is InChI=1S/3C8H16/c3*1-2-8-6-4-3-5-7-8/h3*8H,2-7H2,1H3. The number of hydrogen-bond donors (Lipinski definition) is 0. The van der Waals surface area contributed by atoms with Gasteiger partial charge in [-0.2, -0.15) is 0 Å². The van der Waals surface area contributed by atoms with Crippen molar-refractivity contribution in [2.24, 2.45) is 17.8 Å². The minimum atomic E-state index is 1.09. The van der Waals surface area contributed by atoms with Crippen LogP contribution in [0.15, 0.2) is 0 Å². The van der Waals surface area contributed by atoms with Crippen LogP contribution < -0.4 is 0 Å². The molecular formula is C24H48. The second-order valence-corrected chi connectivity index (χ2v) is 8.74. The zero-order valence-corrected chi connectivity index (χ0v) is 17.5. The molecule has 3 fully saturated rings. The average Bonchev–Trinajstić information content (AvgIpc) is 2.71. The molecule has 0 heterocycles. The lowest BCUT2D eigenvalue weighted by atomic mass is 9.88. The van der Waals surface area contributed by atoms with Crippen molar-refractivity contribution < 1.29 is 0 Å². The first-order valence-corrected chi connectivity index (χ1v) is 11.8. The summed E-state index contributed by atoms with van der Waals surface area (Å²) >= 11 is 0. The van der Waals surface area contributed by atoms with Gasteiger partial charge < -0.3 is 0 Å². The third-order valence-electron chi connectivity index (χ3n) is 6.91. The Labute approximate surface area is 154 Å². The highest BCUT2D eigenvalue weighted by Gasteiger charge is 2.11. The van der Waals surface area contributed by atoms with Gasteiger partial charge in [0.15, 0.2) is 0 Å². The lowest BCUT2D eigenvalue weighted by molar-refractivity contribution is 0.349. The smallest absolute Gasteiger partial charge is 0.0417 e. The topological polar surface area (TPSA) is 0 Å². The maximum absolute atomic E-state index is 2.32. The summed E-state index contributed by atoms with van der Waals surface area (Å²) in [5, 5.41) is 0. The molecule has 0 aliphatic heterocycles. The van der Waals surface area contributed by atoms with Crippen LogP contribution >= 0.6 is 0 Å². The molecule has 0 radical (unpaired) electrons. The molecular weight excluding hydrogens is 288 g/mol. The van der Waals surface area contributed by atoms with Gasteiger partial charge in [0.2, 0.25) is 0 Å². The predicted octanol–water partition coefficient (Wildman–Crippen LogP) is 8.93. The van der Waals surface area contributed by atoms with E-state index < -0.39 is 0 Å². The fraction of sp³-hybridized carbons (Fsp3) is 1.00. The molecule has 0 saturated heterocycles. The molecule has 24 heavy (non-hydrogen) atoms. The molecule has 0 aromatic heterocycles. The van der Waals surface area contributed by atoms with E-state index in [1.165, 1.54) is 116 Å². The molecule has 0 atom stereocenters. The van der Waals surface area contributed by atoms with Gasteiger partial charge in [-0.05, 0) is 17.8 Å². The first-order valence-electron chi connectivity index (χ1n) is 11.8. The largest absolute Gasteiger partial charge is 0.0651 e. The Balaban J connectivity index is 0.000000180. The summed E-state index contributed by atoms with van der Waals surface area (Å²) in [7, 11) is 0. The van der Waals surface area contributed by atoms with Gasteiger partial charge in [0.1, 0.15) is 0 Å². The minimum Gasteiger partial charge on any atom is -0.0651 e. The number of hydrogen-bond acceptors (Lipinski definition) is 0. The zero-order chi connectivity index (χ0) is 17.5. The quantitative estimate of drug-likeness (QED) is 0.482. The second-order valence-electron chi connectivity index (χ2n) is 8.74. The molecule has 0 N–H and O–H groups in total. The summed E-state index contributed by atoms with van der Waals surface area (Å²) in [5.74, 6) is 3.26. The van der Waals surface area contributed by atoms with Crippen molar-refractivity contribution in [3.8, 4) is 0 Å². The van der Waals surface area contributed by atoms with E-state index in [2.05, 4.69) is 20.8 Å². The molecule has 3 aliphatic carbocycles. The van der Waals surface area contributed by atoms with E-state index in [-0.39, 0.29) is 0 Å². The van der Waals surface area contributed by atoms with Crippen LogP contribution in [0.25, 0.3) is 0 Å². The monoisotopic (exact) mass is 336 g/mol. The highest BCUT2D eigenvalue weighted by atomic mass is 14.2. The van der Waals surface area contributed by atoms with Crippen molar-refractivity contribution in [1.29, 1.82) is 0 Å². The first kappa shape index (κ1) is 22.0. The van der Waals surface area contributed by atoms with Gasteiger partial charge in [0.05, 0.1) is 0 Å². The lowest BCUT2D eigenvalue weighted by Crippen LogP contribution is -2.03. The van der Waals surface area contributed by atoms with Gasteiger partial charge in [-0.3, -0.25) is 0 Å². The van der Waals surface area contributed by atoms with Crippen LogP contribution in [0.4, 0.5) is 0 Å². The lowest BCUT2D eigenvalue weighted by Gasteiger charge is -2.18. The first-order chi connectivity index (χ1) is 11.8. The summed E-state index contributed by atoms with van der Waals surface area (Å²) in [6.07, 6.45) is 26.8. The van der Waals surface area contributed by atoms with Crippen molar-refractivity contribution >= 4 is 0 Å². The third kappa shape index (κ3) is 10.8.